The lowest BCUT2D eigenvalue weighted by molar-refractivity contribution is -0.120. The van der Waals surface area contributed by atoms with Crippen LogP contribution in [0.2, 0.25) is 0 Å². The Morgan fingerprint density at radius 3 is 2.67 bits per heavy atom. The number of amidine groups is 1. The first-order valence-electron chi connectivity index (χ1n) is 5.79. The molecule has 88 valence electrons. The molecule has 0 aliphatic carbocycles. The van der Waals surface area contributed by atoms with Crippen molar-refractivity contribution in [2.75, 3.05) is 0 Å². The molecule has 0 saturated carbocycles. The molecule has 0 radical (unpaired) electrons. The number of hydrogen-bond donors (Lipinski definition) is 0. The lowest BCUT2D eigenvalue weighted by atomic mass is 10.1. The van der Waals surface area contributed by atoms with E-state index in [9.17, 15) is 4.79 Å². The molecule has 3 nitrogen and oxygen atoms in total. The molecule has 18 heavy (non-hydrogen) atoms. The van der Waals surface area contributed by atoms with Gasteiger partial charge in [0.2, 0.25) is 0 Å². The molecule has 0 atom stereocenters. The van der Waals surface area contributed by atoms with Crippen molar-refractivity contribution in [1.82, 2.24) is 4.90 Å². The normalized spacial score (nSPS) is 19.4. The summed E-state index contributed by atoms with van der Waals surface area (Å²) < 4.78 is 0. The summed E-state index contributed by atoms with van der Waals surface area (Å²) in [4.78, 5) is 17.9. The van der Waals surface area contributed by atoms with Crippen molar-refractivity contribution in [3.05, 3.63) is 65.5 Å². The number of carbonyl (C=O) groups is 1. The van der Waals surface area contributed by atoms with E-state index in [0.29, 0.717) is 11.5 Å². The third-order valence-corrected chi connectivity index (χ3v) is 2.89. The van der Waals surface area contributed by atoms with Gasteiger partial charge in [-0.15, -0.1) is 0 Å². The molecule has 0 aromatic heterocycles. The smallest absolute Gasteiger partial charge is 0.266 e. The van der Waals surface area contributed by atoms with Crippen LogP contribution in [-0.4, -0.2) is 16.6 Å². The number of fused-ring (bicyclic) bond motifs is 1. The molecule has 3 heteroatoms. The third-order valence-electron chi connectivity index (χ3n) is 2.89. The Bertz CT molecular complexity index is 618. The molecule has 0 fully saturated rings. The molecule has 1 aromatic carbocycles. The highest BCUT2D eigenvalue weighted by Crippen LogP contribution is 2.21. The fourth-order valence-electron chi connectivity index (χ4n) is 1.91. The minimum Gasteiger partial charge on any atom is -0.266 e. The van der Waals surface area contributed by atoms with E-state index in [1.54, 1.807) is 11.1 Å². The predicted octanol–water partition coefficient (Wildman–Crippen LogP) is 2.66. The van der Waals surface area contributed by atoms with Gasteiger partial charge in [-0.2, -0.15) is 0 Å². The van der Waals surface area contributed by atoms with Crippen LogP contribution in [0.4, 0.5) is 0 Å². The van der Waals surface area contributed by atoms with Crippen molar-refractivity contribution < 1.29 is 4.79 Å². The number of amides is 1. The molecular formula is C15H12N2O. The molecule has 0 saturated heterocycles. The number of nitrogens with zero attached hydrogens (tertiary/aromatic N) is 2. The first-order chi connectivity index (χ1) is 8.74. The van der Waals surface area contributed by atoms with E-state index in [1.165, 1.54) is 5.56 Å². The van der Waals surface area contributed by atoms with Gasteiger partial charge >= 0.3 is 0 Å². The Balaban J connectivity index is 1.96. The van der Waals surface area contributed by atoms with Crippen molar-refractivity contribution in [2.24, 2.45) is 4.99 Å². The van der Waals surface area contributed by atoms with Gasteiger partial charge < -0.3 is 0 Å². The molecule has 1 aromatic rings. The van der Waals surface area contributed by atoms with Gasteiger partial charge in [0.15, 0.2) is 0 Å². The predicted molar refractivity (Wildman–Crippen MR) is 71.7 cm³/mol. The molecule has 0 bridgehead atoms. The SMILES string of the molecule is Cc1ccc(/C=C2\N=C3C=CC=CN3C2=O)cc1. The highest BCUT2D eigenvalue weighted by molar-refractivity contribution is 6.18. The first kappa shape index (κ1) is 10.7. The largest absolute Gasteiger partial charge is 0.282 e. The standard InChI is InChI=1S/C15H12N2O/c1-11-5-7-12(8-6-11)10-13-15(18)17-9-3-2-4-14(17)16-13/h2-10H,1H3/b13-10-. The van der Waals surface area contributed by atoms with Crippen molar-refractivity contribution >= 4 is 17.8 Å². The Morgan fingerprint density at radius 1 is 1.17 bits per heavy atom. The Kier molecular flexibility index (Phi) is 2.45. The molecule has 2 heterocycles. The molecule has 0 N–H and O–H groups in total. The maximum Gasteiger partial charge on any atom is 0.282 e. The Labute approximate surface area is 105 Å². The fourth-order valence-corrected chi connectivity index (χ4v) is 1.91. The minimum atomic E-state index is -0.0776. The van der Waals surface area contributed by atoms with Gasteiger partial charge in [0.25, 0.3) is 5.91 Å². The van der Waals surface area contributed by atoms with Crippen molar-refractivity contribution in [2.45, 2.75) is 6.92 Å². The molecule has 3 rings (SSSR count). The van der Waals surface area contributed by atoms with Crippen LogP contribution in [0.25, 0.3) is 6.08 Å². The summed E-state index contributed by atoms with van der Waals surface area (Å²) in [5.41, 5.74) is 2.66. The monoisotopic (exact) mass is 236 g/mol. The van der Waals surface area contributed by atoms with Gasteiger partial charge in [0, 0.05) is 6.20 Å². The number of carbonyl (C=O) groups excluding carboxylic acids is 1. The average Bonchev–Trinajstić information content (AvgIpc) is 2.70. The molecule has 2 aliphatic rings. The zero-order valence-corrected chi connectivity index (χ0v) is 10.00. The van der Waals surface area contributed by atoms with Crippen molar-refractivity contribution in [3.63, 3.8) is 0 Å². The summed E-state index contributed by atoms with van der Waals surface area (Å²) in [6, 6.07) is 8.01. The second-order valence-electron chi connectivity index (χ2n) is 4.29. The van der Waals surface area contributed by atoms with Gasteiger partial charge in [0.1, 0.15) is 11.5 Å². The van der Waals surface area contributed by atoms with Crippen LogP contribution < -0.4 is 0 Å². The van der Waals surface area contributed by atoms with Crippen LogP contribution >= 0.6 is 0 Å². The molecule has 0 spiro atoms. The van der Waals surface area contributed by atoms with Crippen molar-refractivity contribution in [3.8, 4) is 0 Å². The second kappa shape index (κ2) is 4.11. The van der Waals surface area contributed by atoms with E-state index < -0.39 is 0 Å². The summed E-state index contributed by atoms with van der Waals surface area (Å²) in [5, 5.41) is 0. The first-order valence-corrected chi connectivity index (χ1v) is 5.79. The maximum atomic E-state index is 12.1. The lowest BCUT2D eigenvalue weighted by Crippen LogP contribution is -2.26. The number of aliphatic imine (C=N–C) groups is 1. The van der Waals surface area contributed by atoms with Gasteiger partial charge in [-0.05, 0) is 30.7 Å². The molecule has 1 amide bonds. The maximum absolute atomic E-state index is 12.1. The Hall–Kier alpha value is -2.42. The van der Waals surface area contributed by atoms with Crippen LogP contribution in [0.1, 0.15) is 11.1 Å². The number of allylic oxidation sites excluding steroid dienone is 2. The zero-order chi connectivity index (χ0) is 12.5. The second-order valence-corrected chi connectivity index (χ2v) is 4.29. The highest BCUT2D eigenvalue weighted by atomic mass is 16.2. The zero-order valence-electron chi connectivity index (χ0n) is 10.00. The van der Waals surface area contributed by atoms with E-state index in [0.717, 1.165) is 5.56 Å². The Morgan fingerprint density at radius 2 is 1.94 bits per heavy atom. The number of aryl methyl sites for hydroxylation is 1. The topological polar surface area (TPSA) is 32.7 Å². The molecular weight excluding hydrogens is 224 g/mol. The quantitative estimate of drug-likeness (QED) is 0.690. The van der Waals surface area contributed by atoms with E-state index in [2.05, 4.69) is 4.99 Å². The van der Waals surface area contributed by atoms with E-state index in [4.69, 9.17) is 0 Å². The molecule has 2 aliphatic heterocycles. The van der Waals surface area contributed by atoms with Crippen LogP contribution in [0.3, 0.4) is 0 Å². The van der Waals surface area contributed by atoms with Crippen molar-refractivity contribution in [1.29, 1.82) is 0 Å². The van der Waals surface area contributed by atoms with Gasteiger partial charge in [-0.1, -0.05) is 35.9 Å². The van der Waals surface area contributed by atoms with Crippen LogP contribution in [-0.2, 0) is 4.79 Å². The van der Waals surface area contributed by atoms with E-state index >= 15 is 0 Å². The summed E-state index contributed by atoms with van der Waals surface area (Å²) in [6.07, 6.45) is 9.07. The summed E-state index contributed by atoms with van der Waals surface area (Å²) in [6.45, 7) is 2.04. The third kappa shape index (κ3) is 1.80. The molecule has 0 unspecified atom stereocenters. The lowest BCUT2D eigenvalue weighted by Gasteiger charge is -2.11. The summed E-state index contributed by atoms with van der Waals surface area (Å²) in [7, 11) is 0. The van der Waals surface area contributed by atoms with Gasteiger partial charge in [-0.25, -0.2) is 4.99 Å². The van der Waals surface area contributed by atoms with E-state index in [1.807, 2.05) is 55.5 Å². The number of benzene rings is 1. The van der Waals surface area contributed by atoms with E-state index in [-0.39, 0.29) is 5.91 Å². The summed E-state index contributed by atoms with van der Waals surface area (Å²) >= 11 is 0. The average molecular weight is 236 g/mol. The number of rotatable bonds is 1. The van der Waals surface area contributed by atoms with Crippen LogP contribution in [0.15, 0.2) is 59.4 Å². The summed E-state index contributed by atoms with van der Waals surface area (Å²) in [5.74, 6) is 0.604. The van der Waals surface area contributed by atoms with Crippen LogP contribution in [0, 0.1) is 6.92 Å². The van der Waals surface area contributed by atoms with Crippen LogP contribution in [0.5, 0.6) is 0 Å². The fraction of sp³-hybridized carbons (Fsp3) is 0.0667. The highest BCUT2D eigenvalue weighted by Gasteiger charge is 2.27. The van der Waals surface area contributed by atoms with Gasteiger partial charge in [0.05, 0.1) is 0 Å². The minimum absolute atomic E-state index is 0.0776. The van der Waals surface area contributed by atoms with Gasteiger partial charge in [-0.3, -0.25) is 9.69 Å². The number of hydrogen-bond acceptors (Lipinski definition) is 2.